The Bertz CT molecular complexity index is 1700. The maximum Gasteiger partial charge on any atom is 0.416 e. The van der Waals surface area contributed by atoms with Gasteiger partial charge in [0.05, 0.1) is 28.9 Å². The van der Waals surface area contributed by atoms with Crippen LogP contribution in [0.3, 0.4) is 0 Å². The Morgan fingerprint density at radius 1 is 1.02 bits per heavy atom. The summed E-state index contributed by atoms with van der Waals surface area (Å²) >= 11 is 6.22. The van der Waals surface area contributed by atoms with Gasteiger partial charge in [-0.3, -0.25) is 14.3 Å². The van der Waals surface area contributed by atoms with Gasteiger partial charge in [-0.1, -0.05) is 11.6 Å². The third-order valence-corrected chi connectivity index (χ3v) is 6.46. The number of amides is 2. The molecule has 1 aliphatic rings. The van der Waals surface area contributed by atoms with E-state index in [9.17, 15) is 44.7 Å². The van der Waals surface area contributed by atoms with E-state index < -0.39 is 59.5 Å². The average Bonchev–Trinajstić information content (AvgIpc) is 3.39. The minimum absolute atomic E-state index is 0.00959. The third-order valence-electron chi connectivity index (χ3n) is 6.11. The second kappa shape index (κ2) is 9.47. The molecule has 2 N–H and O–H groups in total. The topological polar surface area (TPSA) is 76.0 Å². The highest BCUT2D eigenvalue weighted by Gasteiger charge is 2.38. The van der Waals surface area contributed by atoms with Crippen molar-refractivity contribution in [2.45, 2.75) is 24.9 Å². The van der Waals surface area contributed by atoms with Crippen LogP contribution in [0, 0.1) is 11.6 Å². The van der Waals surface area contributed by atoms with Crippen LogP contribution in [0.25, 0.3) is 10.9 Å². The summed E-state index contributed by atoms with van der Waals surface area (Å²) in [5.74, 6) is -4.20. The number of carbonyl (C=O) groups excluding carboxylic acids is 2. The Balaban J connectivity index is 1.70. The van der Waals surface area contributed by atoms with Crippen LogP contribution in [0.5, 0.6) is 0 Å². The Morgan fingerprint density at radius 3 is 2.42 bits per heavy atom. The van der Waals surface area contributed by atoms with Gasteiger partial charge in [0.25, 0.3) is 11.8 Å². The molecule has 208 valence electrons. The molecule has 1 aliphatic heterocycles. The van der Waals surface area contributed by atoms with Crippen molar-refractivity contribution in [3.05, 3.63) is 93.1 Å². The van der Waals surface area contributed by atoms with Gasteiger partial charge in [-0.05, 0) is 42.5 Å². The quantitative estimate of drug-likeness (QED) is 0.263. The van der Waals surface area contributed by atoms with E-state index in [1.807, 2.05) is 0 Å². The van der Waals surface area contributed by atoms with E-state index in [0.29, 0.717) is 16.8 Å². The molecule has 0 fully saturated rings. The van der Waals surface area contributed by atoms with Gasteiger partial charge in [0.15, 0.2) is 0 Å². The summed E-state index contributed by atoms with van der Waals surface area (Å²) in [6.07, 6.45) is -8.71. The summed E-state index contributed by atoms with van der Waals surface area (Å²) in [5, 5.41) is 8.44. The smallest absolute Gasteiger partial charge is 0.341 e. The van der Waals surface area contributed by atoms with Crippen LogP contribution in [0.2, 0.25) is 5.02 Å². The normalized spacial score (nSPS) is 15.3. The van der Waals surface area contributed by atoms with Crippen LogP contribution < -0.4 is 10.6 Å². The lowest BCUT2D eigenvalue weighted by Gasteiger charge is -2.19. The first kappa shape index (κ1) is 27.4. The Kier molecular flexibility index (Phi) is 6.48. The lowest BCUT2D eigenvalue weighted by molar-refractivity contribution is -0.142. The largest absolute Gasteiger partial charge is 0.416 e. The van der Waals surface area contributed by atoms with Crippen LogP contribution in [-0.4, -0.2) is 27.8 Å². The number of halogens is 9. The van der Waals surface area contributed by atoms with Gasteiger partial charge in [-0.2, -0.15) is 31.4 Å². The van der Waals surface area contributed by atoms with Crippen molar-refractivity contribution in [2.75, 3.05) is 5.32 Å². The van der Waals surface area contributed by atoms with Crippen LogP contribution in [-0.2, 0) is 12.7 Å². The molecule has 0 saturated heterocycles. The number of anilines is 1. The summed E-state index contributed by atoms with van der Waals surface area (Å²) in [6, 6.07) is 4.13. The number of nitrogens with one attached hydrogen (secondary N) is 2. The number of hydrogen-bond acceptors (Lipinski definition) is 3. The molecule has 1 aromatic heterocycles. The SMILES string of the molecule is O=C(Nc1cc2c(cnn2CC(F)(F)F)c2c1[C@H](c1cc(F)ccc1Cl)NC2=O)c1cc(F)cc(C(F)(F)F)c1. The summed E-state index contributed by atoms with van der Waals surface area (Å²) in [4.78, 5) is 26.1. The van der Waals surface area contributed by atoms with Crippen molar-refractivity contribution in [1.29, 1.82) is 0 Å². The van der Waals surface area contributed by atoms with Crippen LogP contribution in [0.15, 0.2) is 48.7 Å². The molecular formula is C25H13ClF8N4O2. The molecule has 15 heteroatoms. The fourth-order valence-corrected chi connectivity index (χ4v) is 4.73. The molecule has 40 heavy (non-hydrogen) atoms. The van der Waals surface area contributed by atoms with Crippen molar-refractivity contribution in [3.63, 3.8) is 0 Å². The second-order valence-corrected chi connectivity index (χ2v) is 9.22. The number of hydrogen-bond donors (Lipinski definition) is 2. The Labute approximate surface area is 223 Å². The summed E-state index contributed by atoms with van der Waals surface area (Å²) in [6.45, 7) is -1.57. The molecule has 5 rings (SSSR count). The number of alkyl halides is 6. The number of aromatic nitrogens is 2. The van der Waals surface area contributed by atoms with E-state index in [2.05, 4.69) is 15.7 Å². The molecule has 3 aromatic carbocycles. The van der Waals surface area contributed by atoms with E-state index >= 15 is 0 Å². The van der Waals surface area contributed by atoms with Crippen molar-refractivity contribution in [2.24, 2.45) is 0 Å². The molecule has 1 atom stereocenters. The van der Waals surface area contributed by atoms with E-state index in [4.69, 9.17) is 11.6 Å². The van der Waals surface area contributed by atoms with Crippen LogP contribution >= 0.6 is 11.6 Å². The van der Waals surface area contributed by atoms with Crippen molar-refractivity contribution in [3.8, 4) is 0 Å². The molecule has 0 radical (unpaired) electrons. The maximum absolute atomic E-state index is 14.1. The fraction of sp³-hybridized carbons (Fsp3) is 0.160. The number of carbonyl (C=O) groups is 2. The van der Waals surface area contributed by atoms with Gasteiger partial charge in [0, 0.05) is 32.8 Å². The molecule has 0 aliphatic carbocycles. The zero-order valence-corrected chi connectivity index (χ0v) is 20.3. The van der Waals surface area contributed by atoms with E-state index in [1.54, 1.807) is 0 Å². The average molecular weight is 589 g/mol. The van der Waals surface area contributed by atoms with Crippen LogP contribution in [0.4, 0.5) is 40.8 Å². The Morgan fingerprint density at radius 2 is 1.75 bits per heavy atom. The van der Waals surface area contributed by atoms with Crippen molar-refractivity contribution < 1.29 is 44.7 Å². The minimum Gasteiger partial charge on any atom is -0.341 e. The van der Waals surface area contributed by atoms with Gasteiger partial charge >= 0.3 is 12.4 Å². The van der Waals surface area contributed by atoms with Crippen molar-refractivity contribution in [1.82, 2.24) is 15.1 Å². The highest BCUT2D eigenvalue weighted by Crippen LogP contribution is 2.43. The van der Waals surface area contributed by atoms with E-state index in [-0.39, 0.29) is 44.4 Å². The van der Waals surface area contributed by atoms with Gasteiger partial charge < -0.3 is 10.6 Å². The summed E-state index contributed by atoms with van der Waals surface area (Å²) in [7, 11) is 0. The number of rotatable bonds is 4. The molecule has 2 amide bonds. The van der Waals surface area contributed by atoms with Gasteiger partial charge in [-0.25, -0.2) is 8.78 Å². The summed E-state index contributed by atoms with van der Waals surface area (Å²) in [5.41, 5.74) is -3.04. The highest BCUT2D eigenvalue weighted by atomic mass is 35.5. The van der Waals surface area contributed by atoms with Gasteiger partial charge in [0.1, 0.15) is 18.2 Å². The first-order chi connectivity index (χ1) is 18.6. The molecular weight excluding hydrogens is 576 g/mol. The molecule has 0 saturated carbocycles. The number of nitrogens with zero attached hydrogens (tertiary/aromatic N) is 2. The van der Waals surface area contributed by atoms with Crippen molar-refractivity contribution >= 4 is 40.0 Å². The maximum atomic E-state index is 14.1. The first-order valence-electron chi connectivity index (χ1n) is 11.2. The Hall–Kier alpha value is -4.20. The van der Waals surface area contributed by atoms with Gasteiger partial charge in [-0.15, -0.1) is 0 Å². The predicted octanol–water partition coefficient (Wildman–Crippen LogP) is 6.63. The van der Waals surface area contributed by atoms with E-state index in [0.717, 1.165) is 24.4 Å². The number of benzene rings is 3. The molecule has 4 aromatic rings. The molecule has 0 unspecified atom stereocenters. The first-order valence-corrected chi connectivity index (χ1v) is 11.5. The zero-order chi connectivity index (χ0) is 29.1. The van der Waals surface area contributed by atoms with Crippen LogP contribution in [0.1, 0.15) is 43.4 Å². The second-order valence-electron chi connectivity index (χ2n) is 8.82. The lowest BCUT2D eigenvalue weighted by atomic mass is 9.94. The third kappa shape index (κ3) is 5.06. The van der Waals surface area contributed by atoms with Gasteiger partial charge in [0.2, 0.25) is 0 Å². The van der Waals surface area contributed by atoms with E-state index in [1.165, 1.54) is 6.07 Å². The molecule has 6 nitrogen and oxygen atoms in total. The minimum atomic E-state index is -4.99. The number of fused-ring (bicyclic) bond motifs is 3. The predicted molar refractivity (Wildman–Crippen MR) is 126 cm³/mol. The molecule has 0 spiro atoms. The highest BCUT2D eigenvalue weighted by molar-refractivity contribution is 6.31. The standard InChI is InChI=1S/C25H13ClF8N4O2/c26-16-2-1-12(27)6-14(16)21-20-17(36-22(39)10-3-11(25(32,33)34)5-13(28)4-10)7-18-15(19(20)23(40)37-21)8-35-38(18)9-24(29,30)31/h1-8,21H,9H2,(H,36,39)(H,37,40)/t21-/m0/s1. The zero-order valence-electron chi connectivity index (χ0n) is 19.5. The lowest BCUT2D eigenvalue weighted by Crippen LogP contribution is -2.21. The molecule has 2 heterocycles. The fourth-order valence-electron chi connectivity index (χ4n) is 4.50. The molecule has 0 bridgehead atoms. The monoisotopic (exact) mass is 588 g/mol. The summed E-state index contributed by atoms with van der Waals surface area (Å²) < 4.78 is 108.